The van der Waals surface area contributed by atoms with Gasteiger partial charge in [-0.05, 0) is 53.2 Å². The molecule has 1 aliphatic heterocycles. The SMILES string of the molecule is COc1ccc(C(OC[C@@H]2O[C@H](n3ccc(=O)[nH]c3=S)CC2O)(c2ccccc2)c2ccc(OC)cc2)cc1. The highest BCUT2D eigenvalue weighted by atomic mass is 32.1. The normalized spacial score (nSPS) is 19.1. The van der Waals surface area contributed by atoms with E-state index < -0.39 is 24.0 Å². The highest BCUT2D eigenvalue weighted by molar-refractivity contribution is 7.71. The molecule has 39 heavy (non-hydrogen) atoms. The predicted octanol–water partition coefficient (Wildman–Crippen LogP) is 4.58. The summed E-state index contributed by atoms with van der Waals surface area (Å²) in [5, 5.41) is 11.0. The molecule has 1 unspecified atom stereocenters. The lowest BCUT2D eigenvalue weighted by Gasteiger charge is -2.37. The minimum atomic E-state index is -1.03. The lowest BCUT2D eigenvalue weighted by atomic mass is 9.80. The van der Waals surface area contributed by atoms with Gasteiger partial charge in [0.1, 0.15) is 29.4 Å². The maximum Gasteiger partial charge on any atom is 0.251 e. The number of aliphatic hydroxyl groups excluding tert-OH is 1. The number of benzene rings is 3. The van der Waals surface area contributed by atoms with E-state index in [1.165, 1.54) is 6.07 Å². The third-order valence-corrected chi connectivity index (χ3v) is 7.32. The van der Waals surface area contributed by atoms with Crippen LogP contribution in [0.4, 0.5) is 0 Å². The summed E-state index contributed by atoms with van der Waals surface area (Å²) >= 11 is 5.30. The van der Waals surface area contributed by atoms with Crippen LogP contribution in [0.2, 0.25) is 0 Å². The number of H-pyrrole nitrogens is 1. The van der Waals surface area contributed by atoms with Gasteiger partial charge in [-0.2, -0.15) is 0 Å². The van der Waals surface area contributed by atoms with Gasteiger partial charge in [-0.15, -0.1) is 0 Å². The van der Waals surface area contributed by atoms with Gasteiger partial charge in [0.25, 0.3) is 5.56 Å². The van der Waals surface area contributed by atoms with Crippen LogP contribution in [-0.2, 0) is 15.1 Å². The summed E-state index contributed by atoms with van der Waals surface area (Å²) in [4.78, 5) is 14.2. The Kier molecular flexibility index (Phi) is 7.94. The van der Waals surface area contributed by atoms with E-state index in [0.717, 1.165) is 28.2 Å². The van der Waals surface area contributed by atoms with Gasteiger partial charge in [-0.1, -0.05) is 54.6 Å². The van der Waals surface area contributed by atoms with Gasteiger partial charge in [-0.3, -0.25) is 14.3 Å². The number of aromatic nitrogens is 2. The first-order chi connectivity index (χ1) is 18.9. The Balaban J connectivity index is 1.54. The Morgan fingerprint density at radius 1 is 0.923 bits per heavy atom. The van der Waals surface area contributed by atoms with Crippen molar-refractivity contribution in [2.45, 2.75) is 30.5 Å². The summed E-state index contributed by atoms with van der Waals surface area (Å²) in [7, 11) is 3.26. The topological polar surface area (TPSA) is 94.9 Å². The van der Waals surface area contributed by atoms with Crippen molar-refractivity contribution < 1.29 is 24.1 Å². The van der Waals surface area contributed by atoms with Crippen LogP contribution in [-0.4, -0.2) is 47.7 Å². The first kappa shape index (κ1) is 26.8. The van der Waals surface area contributed by atoms with Crippen LogP contribution in [0, 0.1) is 4.77 Å². The second-order valence-corrected chi connectivity index (χ2v) is 9.65. The van der Waals surface area contributed by atoms with Gasteiger partial charge in [-0.25, -0.2) is 0 Å². The second kappa shape index (κ2) is 11.5. The summed E-state index contributed by atoms with van der Waals surface area (Å²) in [6, 6.07) is 26.8. The van der Waals surface area contributed by atoms with Crippen molar-refractivity contribution in [2.75, 3.05) is 20.8 Å². The van der Waals surface area contributed by atoms with Gasteiger partial charge in [0, 0.05) is 18.7 Å². The molecule has 1 fully saturated rings. The van der Waals surface area contributed by atoms with Crippen LogP contribution in [0.5, 0.6) is 11.5 Å². The van der Waals surface area contributed by atoms with Crippen LogP contribution < -0.4 is 15.0 Å². The molecule has 3 atom stereocenters. The van der Waals surface area contributed by atoms with E-state index in [1.807, 2.05) is 78.9 Å². The average Bonchev–Trinajstić information content (AvgIpc) is 3.34. The maximum absolute atomic E-state index is 11.6. The Morgan fingerprint density at radius 2 is 1.49 bits per heavy atom. The van der Waals surface area contributed by atoms with Crippen molar-refractivity contribution >= 4 is 12.2 Å². The van der Waals surface area contributed by atoms with E-state index >= 15 is 0 Å². The maximum atomic E-state index is 11.6. The fourth-order valence-corrected chi connectivity index (χ4v) is 5.25. The van der Waals surface area contributed by atoms with E-state index in [1.54, 1.807) is 25.0 Å². The molecule has 4 aromatic rings. The molecule has 0 saturated carbocycles. The molecule has 1 saturated heterocycles. The molecular weight excluding hydrogens is 516 g/mol. The van der Waals surface area contributed by atoms with Crippen molar-refractivity contribution in [2.24, 2.45) is 0 Å². The molecule has 2 heterocycles. The predicted molar refractivity (Wildman–Crippen MR) is 149 cm³/mol. The van der Waals surface area contributed by atoms with Crippen LogP contribution in [0.25, 0.3) is 0 Å². The quantitative estimate of drug-likeness (QED) is 0.234. The van der Waals surface area contributed by atoms with Crippen molar-refractivity contribution in [1.29, 1.82) is 0 Å². The van der Waals surface area contributed by atoms with Crippen molar-refractivity contribution in [3.8, 4) is 11.5 Å². The number of nitrogens with one attached hydrogen (secondary N) is 1. The van der Waals surface area contributed by atoms with E-state index in [4.69, 9.17) is 31.2 Å². The molecule has 0 aliphatic carbocycles. The standard InChI is InChI=1S/C30H30N2O6S/c1-35-23-12-8-21(9-13-23)30(20-6-4-3-5-7-20,22-10-14-24(36-2)15-11-22)37-19-26-25(33)18-28(38-26)32-17-16-27(34)31-29(32)39/h3-17,25-26,28,33H,18-19H2,1-2H3,(H,31,34,39)/t25?,26-,28-/m0/s1. The van der Waals surface area contributed by atoms with Gasteiger partial charge in [0.05, 0.1) is 26.9 Å². The highest BCUT2D eigenvalue weighted by Crippen LogP contribution is 2.42. The number of rotatable bonds is 9. The minimum absolute atomic E-state index is 0.0846. The van der Waals surface area contributed by atoms with Crippen LogP contribution >= 0.6 is 12.2 Å². The highest BCUT2D eigenvalue weighted by Gasteiger charge is 2.42. The summed E-state index contributed by atoms with van der Waals surface area (Å²) in [5.74, 6) is 1.45. The molecule has 9 heteroatoms. The number of aliphatic hydroxyl groups is 1. The molecule has 5 rings (SSSR count). The van der Waals surface area contributed by atoms with E-state index in [9.17, 15) is 9.90 Å². The summed E-state index contributed by atoms with van der Waals surface area (Å²) in [6.45, 7) is 0.0846. The van der Waals surface area contributed by atoms with Crippen molar-refractivity contribution in [3.05, 3.63) is 123 Å². The Labute approximate surface area is 231 Å². The molecule has 1 aromatic heterocycles. The smallest absolute Gasteiger partial charge is 0.251 e. The first-order valence-corrected chi connectivity index (χ1v) is 13.0. The third-order valence-electron chi connectivity index (χ3n) is 7.00. The van der Waals surface area contributed by atoms with E-state index in [-0.39, 0.29) is 16.9 Å². The zero-order valence-corrected chi connectivity index (χ0v) is 22.5. The van der Waals surface area contributed by atoms with Crippen LogP contribution in [0.1, 0.15) is 29.3 Å². The molecule has 0 amide bonds. The third kappa shape index (κ3) is 5.39. The summed E-state index contributed by atoms with van der Waals surface area (Å²) in [5.41, 5.74) is 1.35. The summed E-state index contributed by atoms with van der Waals surface area (Å²) < 4.78 is 25.8. The molecule has 8 nitrogen and oxygen atoms in total. The second-order valence-electron chi connectivity index (χ2n) is 9.26. The van der Waals surface area contributed by atoms with Crippen molar-refractivity contribution in [1.82, 2.24) is 9.55 Å². The fraction of sp³-hybridized carbons (Fsp3) is 0.267. The largest absolute Gasteiger partial charge is 0.497 e. The average molecular weight is 547 g/mol. The molecular formula is C30H30N2O6S. The number of aromatic amines is 1. The lowest BCUT2D eigenvalue weighted by Crippen LogP contribution is -2.38. The molecule has 0 radical (unpaired) electrons. The van der Waals surface area contributed by atoms with Crippen molar-refractivity contribution in [3.63, 3.8) is 0 Å². The van der Waals surface area contributed by atoms with Crippen LogP contribution in [0.3, 0.4) is 0 Å². The minimum Gasteiger partial charge on any atom is -0.497 e. The fourth-order valence-electron chi connectivity index (χ4n) is 4.97. The Hall–Kier alpha value is -3.76. The van der Waals surface area contributed by atoms with Crippen LogP contribution in [0.15, 0.2) is 95.9 Å². The van der Waals surface area contributed by atoms with Gasteiger partial charge >= 0.3 is 0 Å². The van der Waals surface area contributed by atoms with E-state index in [2.05, 4.69) is 4.98 Å². The molecule has 1 aliphatic rings. The summed E-state index contributed by atoms with van der Waals surface area (Å²) in [6.07, 6.45) is -0.0961. The van der Waals surface area contributed by atoms with Gasteiger partial charge in [0.2, 0.25) is 0 Å². The first-order valence-electron chi connectivity index (χ1n) is 12.6. The van der Waals surface area contributed by atoms with Gasteiger partial charge < -0.3 is 24.1 Å². The monoisotopic (exact) mass is 546 g/mol. The zero-order valence-electron chi connectivity index (χ0n) is 21.7. The Bertz CT molecular complexity index is 1450. The number of hydrogen-bond donors (Lipinski definition) is 2. The van der Waals surface area contributed by atoms with E-state index in [0.29, 0.717) is 6.42 Å². The zero-order chi connectivity index (χ0) is 27.4. The number of hydrogen-bond acceptors (Lipinski definition) is 7. The number of nitrogens with zero attached hydrogens (tertiary/aromatic N) is 1. The molecule has 3 aromatic carbocycles. The lowest BCUT2D eigenvalue weighted by molar-refractivity contribution is -0.0941. The molecule has 202 valence electrons. The molecule has 0 spiro atoms. The molecule has 2 N–H and O–H groups in total. The molecule has 0 bridgehead atoms. The Morgan fingerprint density at radius 3 is 2.03 bits per heavy atom. The number of ether oxygens (including phenoxy) is 4. The number of methoxy groups -OCH3 is 2. The van der Waals surface area contributed by atoms with Gasteiger partial charge in [0.15, 0.2) is 4.77 Å².